The number of esters is 1. The van der Waals surface area contributed by atoms with E-state index in [0.29, 0.717) is 30.1 Å². The lowest BCUT2D eigenvalue weighted by Crippen LogP contribution is -2.35. The number of piperidine rings is 1. The van der Waals surface area contributed by atoms with Gasteiger partial charge in [0.2, 0.25) is 10.0 Å². The zero-order chi connectivity index (χ0) is 24.0. The number of carbonyl (C=O) groups excluding carboxylic acids is 2. The Morgan fingerprint density at radius 3 is 2.27 bits per heavy atom. The highest BCUT2D eigenvalue weighted by Gasteiger charge is 2.26. The van der Waals surface area contributed by atoms with Gasteiger partial charge in [-0.25, -0.2) is 13.2 Å². The van der Waals surface area contributed by atoms with Gasteiger partial charge in [-0.1, -0.05) is 30.7 Å². The lowest BCUT2D eigenvalue weighted by molar-refractivity contribution is -0.149. The fourth-order valence-electron chi connectivity index (χ4n) is 3.68. The first kappa shape index (κ1) is 24.7. The zero-order valence-corrected chi connectivity index (χ0v) is 20.0. The summed E-state index contributed by atoms with van der Waals surface area (Å²) in [5, 5.41) is 2.63. The van der Waals surface area contributed by atoms with Crippen molar-refractivity contribution in [2.45, 2.75) is 44.9 Å². The van der Waals surface area contributed by atoms with Crippen LogP contribution < -0.4 is 10.1 Å². The molecule has 0 saturated carbocycles. The summed E-state index contributed by atoms with van der Waals surface area (Å²) in [4.78, 5) is 24.5. The fourth-order valence-corrected chi connectivity index (χ4v) is 5.23. The number of sulfonamides is 1. The number of amides is 1. The number of para-hydroxylation sites is 1. The van der Waals surface area contributed by atoms with Crippen molar-refractivity contribution in [2.75, 3.05) is 31.6 Å². The number of nitrogens with zero attached hydrogens (tertiary/aromatic N) is 1. The molecule has 1 aliphatic rings. The van der Waals surface area contributed by atoms with Crippen LogP contribution in [0.15, 0.2) is 41.3 Å². The second-order valence-corrected chi connectivity index (χ2v) is 10.1. The van der Waals surface area contributed by atoms with Gasteiger partial charge in [0.1, 0.15) is 5.75 Å². The number of hydrogen-bond acceptors (Lipinski definition) is 6. The molecule has 0 radical (unpaired) electrons. The van der Waals surface area contributed by atoms with E-state index < -0.39 is 28.5 Å². The molecule has 1 N–H and O–H groups in total. The highest BCUT2D eigenvalue weighted by molar-refractivity contribution is 7.89. The minimum absolute atomic E-state index is 0.129. The van der Waals surface area contributed by atoms with Crippen LogP contribution in [0.4, 0.5) is 5.69 Å². The van der Waals surface area contributed by atoms with Crippen molar-refractivity contribution in [1.82, 2.24) is 4.31 Å². The number of aryl methyl sites for hydroxylation is 3. The Morgan fingerprint density at radius 1 is 0.939 bits per heavy atom. The van der Waals surface area contributed by atoms with Crippen LogP contribution in [0.2, 0.25) is 0 Å². The summed E-state index contributed by atoms with van der Waals surface area (Å²) >= 11 is 0. The zero-order valence-electron chi connectivity index (χ0n) is 19.2. The van der Waals surface area contributed by atoms with Gasteiger partial charge in [-0.05, 0) is 62.4 Å². The molecule has 1 heterocycles. The quantitative estimate of drug-likeness (QED) is 0.589. The molecule has 3 rings (SSSR count). The number of hydrogen-bond donors (Lipinski definition) is 1. The first-order valence-electron chi connectivity index (χ1n) is 10.9. The fraction of sp³-hybridized carbons (Fsp3) is 0.417. The van der Waals surface area contributed by atoms with Crippen molar-refractivity contribution in [1.29, 1.82) is 0 Å². The van der Waals surface area contributed by atoms with Crippen molar-refractivity contribution < 1.29 is 27.5 Å². The van der Waals surface area contributed by atoms with E-state index in [-0.39, 0.29) is 11.5 Å². The van der Waals surface area contributed by atoms with Crippen molar-refractivity contribution in [3.05, 3.63) is 53.1 Å². The summed E-state index contributed by atoms with van der Waals surface area (Å²) < 4.78 is 37.9. The molecule has 2 aromatic rings. The first-order valence-corrected chi connectivity index (χ1v) is 12.4. The van der Waals surface area contributed by atoms with Crippen LogP contribution in [0, 0.1) is 20.8 Å². The van der Waals surface area contributed by atoms with Crippen molar-refractivity contribution in [2.24, 2.45) is 0 Å². The predicted octanol–water partition coefficient (Wildman–Crippen LogP) is 3.35. The molecule has 1 saturated heterocycles. The number of nitrogens with one attached hydrogen (secondary N) is 1. The third kappa shape index (κ3) is 6.33. The van der Waals surface area contributed by atoms with Gasteiger partial charge in [-0.15, -0.1) is 0 Å². The molecule has 0 atom stereocenters. The van der Waals surface area contributed by atoms with E-state index in [0.717, 1.165) is 30.4 Å². The highest BCUT2D eigenvalue weighted by atomic mass is 32.2. The number of carbonyl (C=O) groups is 2. The van der Waals surface area contributed by atoms with Crippen molar-refractivity contribution in [3.63, 3.8) is 0 Å². The van der Waals surface area contributed by atoms with Gasteiger partial charge in [0.15, 0.2) is 13.2 Å². The van der Waals surface area contributed by atoms with Gasteiger partial charge in [-0.3, -0.25) is 4.79 Å². The maximum Gasteiger partial charge on any atom is 0.344 e. The van der Waals surface area contributed by atoms with Crippen LogP contribution in [0.25, 0.3) is 0 Å². The van der Waals surface area contributed by atoms with Gasteiger partial charge in [0, 0.05) is 18.8 Å². The normalized spacial score (nSPS) is 14.5. The molecule has 2 aromatic carbocycles. The van der Waals surface area contributed by atoms with E-state index in [1.165, 1.54) is 10.4 Å². The molecule has 0 bridgehead atoms. The van der Waals surface area contributed by atoms with Crippen LogP contribution in [-0.2, 0) is 24.3 Å². The average molecular weight is 475 g/mol. The monoisotopic (exact) mass is 474 g/mol. The topological polar surface area (TPSA) is 102 Å². The molecule has 8 nitrogen and oxygen atoms in total. The van der Waals surface area contributed by atoms with Crippen LogP contribution >= 0.6 is 0 Å². The lowest BCUT2D eigenvalue weighted by Gasteiger charge is -2.26. The standard InChI is InChI=1S/C24H30N2O6S/c1-17-10-11-20(33(29,30)26-12-5-4-6-13-26)14-21(17)25-22(27)15-31-23(28)16-32-24-18(2)8-7-9-19(24)3/h7-11,14H,4-6,12-13,15-16H2,1-3H3,(H,25,27). The summed E-state index contributed by atoms with van der Waals surface area (Å²) in [6.45, 7) is 5.69. The minimum atomic E-state index is -3.62. The van der Waals surface area contributed by atoms with Gasteiger partial charge < -0.3 is 14.8 Å². The van der Waals surface area contributed by atoms with E-state index in [1.54, 1.807) is 19.1 Å². The van der Waals surface area contributed by atoms with Gasteiger partial charge in [-0.2, -0.15) is 4.31 Å². The molecular weight excluding hydrogens is 444 g/mol. The molecule has 1 fully saturated rings. The second-order valence-electron chi connectivity index (χ2n) is 8.16. The number of rotatable bonds is 8. The average Bonchev–Trinajstić information content (AvgIpc) is 2.79. The van der Waals surface area contributed by atoms with E-state index >= 15 is 0 Å². The van der Waals surface area contributed by atoms with Crippen LogP contribution in [0.5, 0.6) is 5.75 Å². The van der Waals surface area contributed by atoms with E-state index in [1.807, 2.05) is 32.0 Å². The molecule has 0 aliphatic carbocycles. The molecule has 33 heavy (non-hydrogen) atoms. The number of ether oxygens (including phenoxy) is 2. The Kier molecular flexibility index (Phi) is 8.10. The van der Waals surface area contributed by atoms with E-state index in [9.17, 15) is 18.0 Å². The molecule has 0 aromatic heterocycles. The van der Waals surface area contributed by atoms with Crippen LogP contribution in [0.1, 0.15) is 36.0 Å². The molecule has 1 aliphatic heterocycles. The summed E-state index contributed by atoms with van der Waals surface area (Å²) in [5.41, 5.74) is 2.86. The Bertz CT molecular complexity index is 1100. The summed E-state index contributed by atoms with van der Waals surface area (Å²) in [5.74, 6) is -0.627. The molecule has 0 spiro atoms. The van der Waals surface area contributed by atoms with Crippen molar-refractivity contribution in [3.8, 4) is 5.75 Å². The third-order valence-corrected chi connectivity index (χ3v) is 7.44. The summed E-state index contributed by atoms with van der Waals surface area (Å²) in [7, 11) is -3.62. The molecule has 9 heteroatoms. The summed E-state index contributed by atoms with van der Waals surface area (Å²) in [6, 6.07) is 10.3. The smallest absolute Gasteiger partial charge is 0.344 e. The van der Waals surface area contributed by atoms with Gasteiger partial charge >= 0.3 is 5.97 Å². The van der Waals surface area contributed by atoms with E-state index in [4.69, 9.17) is 9.47 Å². The maximum absolute atomic E-state index is 12.9. The Balaban J connectivity index is 1.56. The molecular formula is C24H30N2O6S. The predicted molar refractivity (Wildman–Crippen MR) is 125 cm³/mol. The Hall–Kier alpha value is -2.91. The SMILES string of the molecule is Cc1ccc(S(=O)(=O)N2CCCCC2)cc1NC(=O)COC(=O)COc1c(C)cccc1C. The maximum atomic E-state index is 12.9. The minimum Gasteiger partial charge on any atom is -0.481 e. The Labute approximate surface area is 194 Å². The lowest BCUT2D eigenvalue weighted by atomic mass is 10.1. The van der Waals surface area contributed by atoms with Crippen molar-refractivity contribution >= 4 is 27.6 Å². The van der Waals surface area contributed by atoms with E-state index in [2.05, 4.69) is 5.32 Å². The van der Waals surface area contributed by atoms with Crippen LogP contribution in [-0.4, -0.2) is 50.9 Å². The van der Waals surface area contributed by atoms with Gasteiger partial charge in [0.05, 0.1) is 4.90 Å². The summed E-state index contributed by atoms with van der Waals surface area (Å²) in [6.07, 6.45) is 2.70. The second kappa shape index (κ2) is 10.8. The largest absolute Gasteiger partial charge is 0.481 e. The molecule has 0 unspecified atom stereocenters. The molecule has 1 amide bonds. The third-order valence-electron chi connectivity index (χ3n) is 5.54. The Morgan fingerprint density at radius 2 is 1.61 bits per heavy atom. The first-order chi connectivity index (χ1) is 15.7. The van der Waals surface area contributed by atoms with Gasteiger partial charge in [0.25, 0.3) is 5.91 Å². The van der Waals surface area contributed by atoms with Crippen LogP contribution in [0.3, 0.4) is 0 Å². The molecule has 178 valence electrons. The highest BCUT2D eigenvalue weighted by Crippen LogP contribution is 2.25. The number of anilines is 1. The number of benzene rings is 2.